The predicted octanol–water partition coefficient (Wildman–Crippen LogP) is 1.83. The zero-order valence-corrected chi connectivity index (χ0v) is 3.67. The van der Waals surface area contributed by atoms with Crippen LogP contribution in [0, 0.1) is 0 Å². The van der Waals surface area contributed by atoms with Gasteiger partial charge >= 0.3 is 5.92 Å². The topological polar surface area (TPSA) is 0 Å². The molecule has 0 radical (unpaired) electrons. The summed E-state index contributed by atoms with van der Waals surface area (Å²) in [6.07, 6.45) is -2.72. The fraction of sp³-hybridized carbons (Fsp3) is 0.500. The van der Waals surface area contributed by atoms with Gasteiger partial charge in [-0.25, -0.2) is 8.78 Å². The lowest BCUT2D eigenvalue weighted by molar-refractivity contribution is -0.0494. The number of rotatable bonds is 0. The Morgan fingerprint density at radius 3 is 2.00 bits per heavy atom. The number of halogens is 4. The van der Waals surface area contributed by atoms with Crippen molar-refractivity contribution >= 4 is 0 Å². The Bertz CT molecular complexity index is 137. The summed E-state index contributed by atoms with van der Waals surface area (Å²) in [6, 6.07) is 0. The van der Waals surface area contributed by atoms with Crippen LogP contribution < -0.4 is 0 Å². The molecule has 0 saturated heterocycles. The van der Waals surface area contributed by atoms with Crippen molar-refractivity contribution in [1.82, 2.24) is 0 Å². The Hall–Kier alpha value is -0.540. The van der Waals surface area contributed by atoms with Crippen molar-refractivity contribution in [2.24, 2.45) is 0 Å². The third-order valence-electron chi connectivity index (χ3n) is 0.910. The molecule has 0 aromatic carbocycles. The van der Waals surface area contributed by atoms with Gasteiger partial charge in [-0.2, -0.15) is 8.78 Å². The second kappa shape index (κ2) is 1.24. The number of hydrogen-bond donors (Lipinski definition) is 0. The Labute approximate surface area is 42.8 Å². The molecule has 0 aromatic rings. The highest BCUT2D eigenvalue weighted by Crippen LogP contribution is 2.38. The van der Waals surface area contributed by atoms with E-state index < -0.39 is 17.9 Å². The average Bonchev–Trinajstić information content (AvgIpc) is 1.65. The summed E-state index contributed by atoms with van der Waals surface area (Å²) in [5.41, 5.74) is 0. The van der Waals surface area contributed by atoms with Crippen LogP contribution in [0.2, 0.25) is 0 Å². The molecule has 0 N–H and O–H groups in total. The molecule has 0 heterocycles. The smallest absolute Gasteiger partial charge is 0.233 e. The summed E-state index contributed by atoms with van der Waals surface area (Å²) in [7, 11) is 0. The highest BCUT2D eigenvalue weighted by atomic mass is 19.3. The molecule has 1 aliphatic rings. The van der Waals surface area contributed by atoms with Gasteiger partial charge in [0.2, 0.25) is 6.17 Å². The Morgan fingerprint density at radius 1 is 1.50 bits per heavy atom. The lowest BCUT2D eigenvalue weighted by Gasteiger charge is -2.23. The first-order valence-corrected chi connectivity index (χ1v) is 1.94. The number of allylic oxidation sites excluding steroid dienone is 2. The van der Waals surface area contributed by atoms with Crippen LogP contribution in [0.15, 0.2) is 11.9 Å². The Kier molecular flexibility index (Phi) is 0.867. The lowest BCUT2D eigenvalue weighted by atomic mass is 10.0. The molecule has 0 bridgehead atoms. The van der Waals surface area contributed by atoms with Gasteiger partial charge in [-0.15, -0.1) is 0 Å². The summed E-state index contributed by atoms with van der Waals surface area (Å²) in [5.74, 6) is -4.92. The van der Waals surface area contributed by atoms with Gasteiger partial charge in [-0.3, -0.25) is 0 Å². The highest BCUT2D eigenvalue weighted by Gasteiger charge is 2.50. The predicted molar refractivity (Wildman–Crippen MR) is 19.0 cm³/mol. The van der Waals surface area contributed by atoms with E-state index in [1.807, 2.05) is 0 Å². The van der Waals surface area contributed by atoms with Crippen molar-refractivity contribution in [3.05, 3.63) is 11.9 Å². The van der Waals surface area contributed by atoms with Gasteiger partial charge in [0.05, 0.1) is 0 Å². The third-order valence-corrected chi connectivity index (χ3v) is 0.910. The first kappa shape index (κ1) is 5.59. The molecule has 1 unspecified atom stereocenters. The van der Waals surface area contributed by atoms with Crippen molar-refractivity contribution < 1.29 is 17.6 Å². The molecule has 0 nitrogen and oxygen atoms in total. The second-order valence-electron chi connectivity index (χ2n) is 1.57. The van der Waals surface area contributed by atoms with E-state index in [-0.39, 0.29) is 6.08 Å². The molecule has 46 valence electrons. The van der Waals surface area contributed by atoms with Gasteiger partial charge in [0, 0.05) is 6.08 Å². The lowest BCUT2D eigenvalue weighted by Crippen LogP contribution is -2.37. The Balaban J connectivity index is 2.74. The van der Waals surface area contributed by atoms with Crippen LogP contribution in [0.5, 0.6) is 0 Å². The van der Waals surface area contributed by atoms with Gasteiger partial charge in [0.15, 0.2) is 0 Å². The monoisotopic (exact) mass is 126 g/mol. The number of alkyl halides is 3. The minimum absolute atomic E-state index is 0.0301. The second-order valence-corrected chi connectivity index (χ2v) is 1.57. The molecule has 0 spiro atoms. The molecule has 0 fully saturated rings. The van der Waals surface area contributed by atoms with Crippen molar-refractivity contribution in [2.45, 2.75) is 12.1 Å². The first-order chi connectivity index (χ1) is 3.54. The zero-order chi connectivity index (χ0) is 6.36. The average molecular weight is 126 g/mol. The van der Waals surface area contributed by atoms with E-state index in [4.69, 9.17) is 0 Å². The molecule has 8 heavy (non-hydrogen) atoms. The van der Waals surface area contributed by atoms with Gasteiger partial charge < -0.3 is 0 Å². The van der Waals surface area contributed by atoms with E-state index in [9.17, 15) is 17.6 Å². The van der Waals surface area contributed by atoms with E-state index in [1.54, 1.807) is 0 Å². The minimum atomic E-state index is -3.55. The summed E-state index contributed by atoms with van der Waals surface area (Å²) in [5, 5.41) is 0. The highest BCUT2D eigenvalue weighted by molar-refractivity contribution is 5.23. The molecule has 0 aliphatic heterocycles. The summed E-state index contributed by atoms with van der Waals surface area (Å²) in [6.45, 7) is 0. The fourth-order valence-corrected chi connectivity index (χ4v) is 0.418. The SMILES string of the molecule is FC1=CC(F)(F)C1F. The van der Waals surface area contributed by atoms with E-state index in [1.165, 1.54) is 0 Å². The molecule has 4 heteroatoms. The third kappa shape index (κ3) is 0.519. The molecule has 0 aromatic heterocycles. The maximum Gasteiger partial charge on any atom is 0.306 e. The van der Waals surface area contributed by atoms with Crippen molar-refractivity contribution in [1.29, 1.82) is 0 Å². The van der Waals surface area contributed by atoms with Crippen molar-refractivity contribution in [3.8, 4) is 0 Å². The van der Waals surface area contributed by atoms with Gasteiger partial charge in [0.25, 0.3) is 0 Å². The first-order valence-electron chi connectivity index (χ1n) is 1.94. The molecule has 1 rings (SSSR count). The van der Waals surface area contributed by atoms with E-state index in [0.29, 0.717) is 0 Å². The zero-order valence-electron chi connectivity index (χ0n) is 3.67. The van der Waals surface area contributed by atoms with Gasteiger partial charge in [-0.1, -0.05) is 0 Å². The molecular weight excluding hydrogens is 124 g/mol. The van der Waals surface area contributed by atoms with Crippen LogP contribution in [-0.2, 0) is 0 Å². The molecule has 1 aliphatic carbocycles. The van der Waals surface area contributed by atoms with Crippen LogP contribution >= 0.6 is 0 Å². The fourth-order valence-electron chi connectivity index (χ4n) is 0.418. The largest absolute Gasteiger partial charge is 0.306 e. The number of hydrogen-bond acceptors (Lipinski definition) is 0. The Morgan fingerprint density at radius 2 is 2.00 bits per heavy atom. The van der Waals surface area contributed by atoms with Crippen LogP contribution in [-0.4, -0.2) is 12.1 Å². The molecular formula is C4H2F4. The van der Waals surface area contributed by atoms with Crippen LogP contribution in [0.3, 0.4) is 0 Å². The van der Waals surface area contributed by atoms with Crippen molar-refractivity contribution in [3.63, 3.8) is 0 Å². The summed E-state index contributed by atoms with van der Waals surface area (Å²) < 4.78 is 45.9. The summed E-state index contributed by atoms with van der Waals surface area (Å²) >= 11 is 0. The maximum absolute atomic E-state index is 11.5. The van der Waals surface area contributed by atoms with E-state index in [2.05, 4.69) is 0 Å². The van der Waals surface area contributed by atoms with E-state index in [0.717, 1.165) is 0 Å². The van der Waals surface area contributed by atoms with Crippen molar-refractivity contribution in [2.75, 3.05) is 0 Å². The van der Waals surface area contributed by atoms with Gasteiger partial charge in [0.1, 0.15) is 5.83 Å². The molecule has 0 saturated carbocycles. The minimum Gasteiger partial charge on any atom is -0.233 e. The maximum atomic E-state index is 11.5. The van der Waals surface area contributed by atoms with Crippen LogP contribution in [0.25, 0.3) is 0 Å². The molecule has 0 amide bonds. The normalized spacial score (nSPS) is 33.5. The summed E-state index contributed by atoms with van der Waals surface area (Å²) in [4.78, 5) is 0. The van der Waals surface area contributed by atoms with Crippen LogP contribution in [0.4, 0.5) is 17.6 Å². The van der Waals surface area contributed by atoms with E-state index >= 15 is 0 Å². The van der Waals surface area contributed by atoms with Crippen LogP contribution in [0.1, 0.15) is 0 Å². The quantitative estimate of drug-likeness (QED) is 0.434. The molecule has 1 atom stereocenters. The van der Waals surface area contributed by atoms with Gasteiger partial charge in [-0.05, 0) is 0 Å². The standard InChI is InChI=1S/C4H2F4/c5-2-1-4(7,8)3(2)6/h1,3H.